The van der Waals surface area contributed by atoms with E-state index in [9.17, 15) is 4.79 Å². The quantitative estimate of drug-likeness (QED) is 0.324. The topological polar surface area (TPSA) is 52.8 Å². The van der Waals surface area contributed by atoms with E-state index in [4.69, 9.17) is 9.47 Å². The molecule has 5 nitrogen and oxygen atoms in total. The summed E-state index contributed by atoms with van der Waals surface area (Å²) >= 11 is 3.29. The maximum atomic E-state index is 12.5. The van der Waals surface area contributed by atoms with Crippen LogP contribution in [0.2, 0.25) is 0 Å². The molecule has 0 aliphatic rings. The molecule has 1 heterocycles. The molecule has 160 valence electrons. The maximum Gasteiger partial charge on any atom is 0.248 e. The Kier molecular flexibility index (Phi) is 8.54. The number of aromatic nitrogens is 1. The number of ether oxygens (including phenoxy) is 2. The normalized spacial score (nSPS) is 11.9. The Morgan fingerprint density at radius 2 is 2.00 bits per heavy atom. The molecule has 0 unspecified atom stereocenters. The molecule has 0 N–H and O–H groups in total. The van der Waals surface area contributed by atoms with Gasteiger partial charge in [0, 0.05) is 24.5 Å². The fraction of sp³-hybridized carbons (Fsp3) is 0.391. The van der Waals surface area contributed by atoms with Crippen LogP contribution >= 0.6 is 23.1 Å². The molecule has 2 aromatic carbocycles. The summed E-state index contributed by atoms with van der Waals surface area (Å²) in [5, 5.41) is 0. The van der Waals surface area contributed by atoms with E-state index in [-0.39, 0.29) is 5.91 Å². The molecule has 0 saturated heterocycles. The molecule has 3 aromatic rings. The van der Waals surface area contributed by atoms with Crippen molar-refractivity contribution in [2.24, 2.45) is 4.99 Å². The van der Waals surface area contributed by atoms with Gasteiger partial charge in [-0.2, -0.15) is 4.99 Å². The van der Waals surface area contributed by atoms with Crippen LogP contribution in [0.3, 0.4) is 0 Å². The molecule has 0 aliphatic carbocycles. The SMILES string of the molecule is CCOCCn1c(=NC(=O)CCCSc2ccc(C)cc2)sc2cc(OC)ccc21. The van der Waals surface area contributed by atoms with Crippen molar-refractivity contribution in [3.8, 4) is 5.75 Å². The van der Waals surface area contributed by atoms with Crippen molar-refractivity contribution in [3.63, 3.8) is 0 Å². The van der Waals surface area contributed by atoms with E-state index < -0.39 is 0 Å². The van der Waals surface area contributed by atoms with Gasteiger partial charge >= 0.3 is 0 Å². The Bertz CT molecular complexity index is 1040. The van der Waals surface area contributed by atoms with Crippen LogP contribution < -0.4 is 9.54 Å². The van der Waals surface area contributed by atoms with Crippen LogP contribution in [0.25, 0.3) is 10.2 Å². The zero-order valence-corrected chi connectivity index (χ0v) is 19.4. The average molecular weight is 445 g/mol. The summed E-state index contributed by atoms with van der Waals surface area (Å²) in [5.74, 6) is 1.62. The third-order valence-corrected chi connectivity index (χ3v) is 6.74. The molecule has 1 aromatic heterocycles. The highest BCUT2D eigenvalue weighted by atomic mass is 32.2. The number of amides is 1. The molecule has 3 rings (SSSR count). The van der Waals surface area contributed by atoms with Crippen LogP contribution in [-0.4, -0.2) is 36.6 Å². The maximum absolute atomic E-state index is 12.5. The van der Waals surface area contributed by atoms with Gasteiger partial charge in [-0.25, -0.2) is 0 Å². The van der Waals surface area contributed by atoms with Gasteiger partial charge in [0.15, 0.2) is 4.80 Å². The van der Waals surface area contributed by atoms with Gasteiger partial charge in [-0.15, -0.1) is 11.8 Å². The van der Waals surface area contributed by atoms with Crippen molar-refractivity contribution in [2.75, 3.05) is 26.1 Å². The molecule has 1 amide bonds. The van der Waals surface area contributed by atoms with Gasteiger partial charge in [0.1, 0.15) is 5.75 Å². The zero-order chi connectivity index (χ0) is 21.3. The lowest BCUT2D eigenvalue weighted by molar-refractivity contribution is -0.118. The Morgan fingerprint density at radius 1 is 1.20 bits per heavy atom. The van der Waals surface area contributed by atoms with Crippen molar-refractivity contribution in [3.05, 3.63) is 52.8 Å². The molecule has 0 saturated carbocycles. The van der Waals surface area contributed by atoms with E-state index >= 15 is 0 Å². The van der Waals surface area contributed by atoms with Gasteiger partial charge in [-0.3, -0.25) is 4.79 Å². The lowest BCUT2D eigenvalue weighted by atomic mass is 10.2. The van der Waals surface area contributed by atoms with Gasteiger partial charge in [-0.1, -0.05) is 29.0 Å². The lowest BCUT2D eigenvalue weighted by Gasteiger charge is -2.06. The number of carbonyl (C=O) groups excluding carboxylic acids is 1. The van der Waals surface area contributed by atoms with Gasteiger partial charge in [-0.05, 0) is 56.4 Å². The van der Waals surface area contributed by atoms with Crippen LogP contribution in [0, 0.1) is 6.92 Å². The largest absolute Gasteiger partial charge is 0.497 e. The molecule has 7 heteroatoms. The number of hydrogen-bond acceptors (Lipinski definition) is 5. The molecule has 30 heavy (non-hydrogen) atoms. The second-order valence-corrected chi connectivity index (χ2v) is 9.01. The lowest BCUT2D eigenvalue weighted by Crippen LogP contribution is -2.19. The number of rotatable bonds is 10. The van der Waals surface area contributed by atoms with Crippen molar-refractivity contribution < 1.29 is 14.3 Å². The number of thioether (sulfide) groups is 1. The van der Waals surface area contributed by atoms with E-state index in [1.807, 2.05) is 25.1 Å². The molecule has 0 bridgehead atoms. The second kappa shape index (κ2) is 11.3. The molecule has 0 atom stereocenters. The number of thiazole rings is 1. The summed E-state index contributed by atoms with van der Waals surface area (Å²) in [7, 11) is 1.65. The fourth-order valence-corrected chi connectivity index (χ4v) is 4.95. The minimum absolute atomic E-state index is 0.0804. The highest BCUT2D eigenvalue weighted by Crippen LogP contribution is 2.23. The van der Waals surface area contributed by atoms with E-state index in [1.54, 1.807) is 18.9 Å². The van der Waals surface area contributed by atoms with Gasteiger partial charge in [0.2, 0.25) is 5.91 Å². The summed E-state index contributed by atoms with van der Waals surface area (Å²) in [5.41, 5.74) is 2.30. The molecule has 0 spiro atoms. The Balaban J connectivity index is 1.68. The summed E-state index contributed by atoms with van der Waals surface area (Å²) in [6.45, 7) is 5.98. The summed E-state index contributed by atoms with van der Waals surface area (Å²) in [6.07, 6.45) is 1.25. The smallest absolute Gasteiger partial charge is 0.248 e. The van der Waals surface area contributed by atoms with E-state index in [2.05, 4.69) is 40.7 Å². The minimum atomic E-state index is -0.0804. The molecular formula is C23H28N2O3S2. The first-order valence-corrected chi connectivity index (χ1v) is 11.9. The Hall–Kier alpha value is -2.09. The number of methoxy groups -OCH3 is 1. The summed E-state index contributed by atoms with van der Waals surface area (Å²) < 4.78 is 14.0. The molecule has 0 radical (unpaired) electrons. The first kappa shape index (κ1) is 22.6. The number of benzene rings is 2. The van der Waals surface area contributed by atoms with Crippen LogP contribution in [-0.2, 0) is 16.1 Å². The molecule has 0 fully saturated rings. The Labute approximate surface area is 185 Å². The van der Waals surface area contributed by atoms with Gasteiger partial charge in [0.05, 0.1) is 23.9 Å². The van der Waals surface area contributed by atoms with E-state index in [1.165, 1.54) is 21.8 Å². The summed E-state index contributed by atoms with van der Waals surface area (Å²) in [6, 6.07) is 14.4. The first-order chi connectivity index (χ1) is 14.6. The third kappa shape index (κ3) is 6.20. The monoisotopic (exact) mass is 444 g/mol. The Morgan fingerprint density at radius 3 is 2.73 bits per heavy atom. The number of aryl methyl sites for hydroxylation is 1. The predicted molar refractivity (Wildman–Crippen MR) is 125 cm³/mol. The van der Waals surface area contributed by atoms with Crippen molar-refractivity contribution in [2.45, 2.75) is 38.1 Å². The van der Waals surface area contributed by atoms with Crippen LogP contribution in [0.15, 0.2) is 52.4 Å². The van der Waals surface area contributed by atoms with Gasteiger partial charge < -0.3 is 14.0 Å². The number of fused-ring (bicyclic) bond motifs is 1. The van der Waals surface area contributed by atoms with Crippen molar-refractivity contribution >= 4 is 39.2 Å². The molecular weight excluding hydrogens is 416 g/mol. The van der Waals surface area contributed by atoms with Crippen LogP contribution in [0.1, 0.15) is 25.3 Å². The molecule has 0 aliphatic heterocycles. The third-order valence-electron chi connectivity index (χ3n) is 4.60. The van der Waals surface area contributed by atoms with Crippen molar-refractivity contribution in [1.82, 2.24) is 4.57 Å². The predicted octanol–water partition coefficient (Wildman–Crippen LogP) is 5.06. The zero-order valence-electron chi connectivity index (χ0n) is 17.7. The highest BCUT2D eigenvalue weighted by molar-refractivity contribution is 7.99. The standard InChI is InChI=1S/C23H28N2O3S2/c1-4-28-14-13-25-20-12-9-18(27-3)16-21(20)30-23(25)24-22(26)6-5-15-29-19-10-7-17(2)8-11-19/h7-12,16H,4-6,13-15H2,1-3H3. The van der Waals surface area contributed by atoms with Crippen LogP contribution in [0.4, 0.5) is 0 Å². The first-order valence-electron chi connectivity index (χ1n) is 10.1. The number of carbonyl (C=O) groups is 1. The van der Waals surface area contributed by atoms with Gasteiger partial charge in [0.25, 0.3) is 0 Å². The minimum Gasteiger partial charge on any atom is -0.497 e. The number of nitrogens with zero attached hydrogens (tertiary/aromatic N) is 2. The second-order valence-electron chi connectivity index (χ2n) is 6.84. The average Bonchev–Trinajstić information content (AvgIpc) is 3.08. The van der Waals surface area contributed by atoms with E-state index in [0.717, 1.165) is 28.1 Å². The van der Waals surface area contributed by atoms with Crippen molar-refractivity contribution in [1.29, 1.82) is 0 Å². The fourth-order valence-electron chi connectivity index (χ4n) is 2.99. The van der Waals surface area contributed by atoms with E-state index in [0.29, 0.717) is 31.0 Å². The van der Waals surface area contributed by atoms with Crippen LogP contribution in [0.5, 0.6) is 5.75 Å². The highest BCUT2D eigenvalue weighted by Gasteiger charge is 2.09. The number of hydrogen-bond donors (Lipinski definition) is 0. The summed E-state index contributed by atoms with van der Waals surface area (Å²) in [4.78, 5) is 18.9.